The summed E-state index contributed by atoms with van der Waals surface area (Å²) in [6.07, 6.45) is 4.27. The normalized spacial score (nSPS) is 17.5. The number of aromatic nitrogens is 3. The summed E-state index contributed by atoms with van der Waals surface area (Å²) in [5.74, 6) is -0.0102. The van der Waals surface area contributed by atoms with E-state index in [1.807, 2.05) is 24.0 Å². The predicted octanol–water partition coefficient (Wildman–Crippen LogP) is 5.08. The zero-order valence-electron chi connectivity index (χ0n) is 26.2. The Kier molecular flexibility index (Phi) is 6.68. The number of amides is 1. The van der Waals surface area contributed by atoms with Crippen molar-refractivity contribution in [3.05, 3.63) is 101 Å². The third kappa shape index (κ3) is 4.74. The van der Waals surface area contributed by atoms with Crippen molar-refractivity contribution in [3.63, 3.8) is 0 Å². The van der Waals surface area contributed by atoms with Gasteiger partial charge in [0.25, 0.3) is 15.9 Å². The van der Waals surface area contributed by atoms with Crippen molar-refractivity contribution in [2.75, 3.05) is 39.9 Å². The molecule has 3 aliphatic heterocycles. The molecule has 0 radical (unpaired) electrons. The van der Waals surface area contributed by atoms with E-state index in [0.29, 0.717) is 22.3 Å². The molecule has 2 aromatic heterocycles. The van der Waals surface area contributed by atoms with E-state index in [4.69, 9.17) is 14.7 Å². The third-order valence-electron chi connectivity index (χ3n) is 9.69. The van der Waals surface area contributed by atoms with Crippen molar-refractivity contribution < 1.29 is 17.9 Å². The quantitative estimate of drug-likeness (QED) is 0.266. The van der Waals surface area contributed by atoms with Crippen molar-refractivity contribution in [1.29, 1.82) is 0 Å². The number of hydrogen-bond donors (Lipinski definition) is 0. The van der Waals surface area contributed by atoms with Crippen LogP contribution in [-0.4, -0.2) is 78.0 Å². The number of rotatable bonds is 5. The first-order valence-corrected chi connectivity index (χ1v) is 17.0. The highest BCUT2D eigenvalue weighted by Crippen LogP contribution is 2.39. The van der Waals surface area contributed by atoms with E-state index in [0.717, 1.165) is 62.5 Å². The Hall–Kier alpha value is -4.38. The van der Waals surface area contributed by atoms with Gasteiger partial charge in [-0.3, -0.25) is 4.79 Å². The van der Waals surface area contributed by atoms with Gasteiger partial charge in [0.15, 0.2) is 5.65 Å². The molecule has 8 rings (SSSR count). The number of ether oxygens (including phenoxy) is 1. The summed E-state index contributed by atoms with van der Waals surface area (Å²) in [4.78, 5) is 27.3. The van der Waals surface area contributed by atoms with Crippen LogP contribution in [0.2, 0.25) is 0 Å². The van der Waals surface area contributed by atoms with Crippen LogP contribution in [-0.2, 0) is 27.7 Å². The van der Waals surface area contributed by atoms with Gasteiger partial charge in [-0.05, 0) is 86.0 Å². The second-order valence-electron chi connectivity index (χ2n) is 13.2. The maximum absolute atomic E-state index is 14.0. The molecule has 0 N–H and O–H groups in total. The molecule has 0 aliphatic carbocycles. The van der Waals surface area contributed by atoms with Crippen LogP contribution in [0.3, 0.4) is 0 Å². The number of carbonyl (C=O) groups excluding carboxylic acids is 1. The maximum atomic E-state index is 14.0. The molecule has 0 bridgehead atoms. The van der Waals surface area contributed by atoms with Gasteiger partial charge in [0.05, 0.1) is 35.4 Å². The van der Waals surface area contributed by atoms with Gasteiger partial charge in [-0.15, -0.1) is 0 Å². The molecule has 0 atom stereocenters. The lowest BCUT2D eigenvalue weighted by Crippen LogP contribution is -2.67. The molecule has 2 fully saturated rings. The van der Waals surface area contributed by atoms with Crippen LogP contribution in [0.15, 0.2) is 78.0 Å². The largest absolute Gasteiger partial charge is 0.380 e. The van der Waals surface area contributed by atoms with E-state index in [1.54, 1.807) is 48.8 Å². The summed E-state index contributed by atoms with van der Waals surface area (Å²) in [6, 6.07) is 18.5. The lowest BCUT2D eigenvalue weighted by atomic mass is 9.78. The maximum Gasteiger partial charge on any atom is 0.269 e. The average Bonchev–Trinajstić information content (AvgIpc) is 3.39. The van der Waals surface area contributed by atoms with Crippen LogP contribution in [0.1, 0.15) is 32.6 Å². The third-order valence-corrected chi connectivity index (χ3v) is 11.3. The van der Waals surface area contributed by atoms with Gasteiger partial charge in [0.1, 0.15) is 5.52 Å². The molecular formula is C36H35N5O4S. The molecule has 3 aliphatic rings. The van der Waals surface area contributed by atoms with Gasteiger partial charge < -0.3 is 14.5 Å². The number of hydrogen-bond acceptors (Lipinski definition) is 7. The molecule has 1 amide bonds. The van der Waals surface area contributed by atoms with E-state index in [9.17, 15) is 13.2 Å². The molecule has 10 heteroatoms. The van der Waals surface area contributed by atoms with Crippen LogP contribution < -0.4 is 0 Å². The lowest BCUT2D eigenvalue weighted by Gasteiger charge is -2.54. The van der Waals surface area contributed by atoms with Gasteiger partial charge in [0, 0.05) is 49.1 Å². The number of carbonyl (C=O) groups is 1. The van der Waals surface area contributed by atoms with E-state index in [-0.39, 0.29) is 21.9 Å². The smallest absolute Gasteiger partial charge is 0.269 e. The van der Waals surface area contributed by atoms with Gasteiger partial charge in [-0.1, -0.05) is 29.8 Å². The topological polar surface area (TPSA) is 97.6 Å². The van der Waals surface area contributed by atoms with E-state index in [2.05, 4.69) is 31.0 Å². The minimum absolute atomic E-state index is 0.0102. The van der Waals surface area contributed by atoms with Crippen LogP contribution in [0, 0.1) is 19.3 Å². The van der Waals surface area contributed by atoms with Gasteiger partial charge in [-0.2, -0.15) is 0 Å². The standard InChI is InChI=1S/C36H35N5O4S/c1-23-4-10-29(11-5-23)46(43,44)41-18-31(25-6-8-26(9-7-25)35(42)40-19-36(20-40)21-45-22-36)33-34(41)37-16-32(38-33)27-14-24(2)30-12-13-39(3)17-28(30)15-27/h4-11,14-16,18H,12-13,17,19-22H2,1-3H3. The minimum Gasteiger partial charge on any atom is -0.380 e. The van der Waals surface area contributed by atoms with E-state index in [1.165, 1.54) is 20.7 Å². The van der Waals surface area contributed by atoms with Crippen molar-refractivity contribution in [2.45, 2.75) is 31.7 Å². The first-order chi connectivity index (χ1) is 22.1. The van der Waals surface area contributed by atoms with Crippen molar-refractivity contribution >= 4 is 27.1 Å². The molecule has 5 heterocycles. The highest BCUT2D eigenvalue weighted by molar-refractivity contribution is 7.90. The Bertz CT molecular complexity index is 2130. The Balaban J connectivity index is 1.22. The fraction of sp³-hybridized carbons (Fsp3) is 0.306. The van der Waals surface area contributed by atoms with E-state index < -0.39 is 10.0 Å². The summed E-state index contributed by atoms with van der Waals surface area (Å²) in [6.45, 7) is 8.83. The second kappa shape index (κ2) is 10.6. The summed E-state index contributed by atoms with van der Waals surface area (Å²) in [5, 5.41) is 0. The summed E-state index contributed by atoms with van der Waals surface area (Å²) in [7, 11) is -1.84. The summed E-state index contributed by atoms with van der Waals surface area (Å²) < 4.78 is 34.5. The van der Waals surface area contributed by atoms with Crippen molar-refractivity contribution in [3.8, 4) is 22.4 Å². The zero-order valence-corrected chi connectivity index (χ0v) is 27.0. The van der Waals surface area contributed by atoms with Gasteiger partial charge in [-0.25, -0.2) is 22.4 Å². The highest BCUT2D eigenvalue weighted by atomic mass is 32.2. The Morgan fingerprint density at radius 3 is 2.39 bits per heavy atom. The molecule has 1 spiro atoms. The number of aryl methyl sites for hydroxylation is 2. The SMILES string of the molecule is Cc1ccc(S(=O)(=O)n2cc(-c3ccc(C(=O)N4CC5(COC5)C4)cc3)c3nc(-c4cc(C)c5c(c4)CN(C)CC5)cnc32)cc1. The molecule has 5 aromatic rings. The van der Waals surface area contributed by atoms with E-state index >= 15 is 0 Å². The minimum atomic E-state index is -3.97. The van der Waals surface area contributed by atoms with Crippen LogP contribution >= 0.6 is 0 Å². The highest BCUT2D eigenvalue weighted by Gasteiger charge is 2.50. The predicted molar refractivity (Wildman–Crippen MR) is 176 cm³/mol. The van der Waals surface area contributed by atoms with Crippen LogP contribution in [0.25, 0.3) is 33.5 Å². The fourth-order valence-corrected chi connectivity index (χ4v) is 8.30. The van der Waals surface area contributed by atoms with Crippen LogP contribution in [0.4, 0.5) is 0 Å². The first kappa shape index (κ1) is 29.1. The monoisotopic (exact) mass is 633 g/mol. The second-order valence-corrected chi connectivity index (χ2v) is 15.0. The number of nitrogens with zero attached hydrogens (tertiary/aromatic N) is 5. The Morgan fingerprint density at radius 1 is 0.957 bits per heavy atom. The Labute approximate surface area is 268 Å². The lowest BCUT2D eigenvalue weighted by molar-refractivity contribution is -0.176. The number of fused-ring (bicyclic) bond motifs is 2. The summed E-state index contributed by atoms with van der Waals surface area (Å²) in [5.41, 5.74) is 9.33. The number of benzene rings is 3. The molecule has 0 saturated carbocycles. The number of likely N-dealkylation sites (N-methyl/N-ethyl adjacent to an activating group) is 1. The van der Waals surface area contributed by atoms with Crippen LogP contribution in [0.5, 0.6) is 0 Å². The molecule has 3 aromatic carbocycles. The molecule has 46 heavy (non-hydrogen) atoms. The Morgan fingerprint density at radius 2 is 1.70 bits per heavy atom. The van der Waals surface area contributed by atoms with Crippen molar-refractivity contribution in [2.24, 2.45) is 5.41 Å². The molecular weight excluding hydrogens is 598 g/mol. The number of likely N-dealkylation sites (tertiary alicyclic amines) is 1. The zero-order chi connectivity index (χ0) is 31.8. The van der Waals surface area contributed by atoms with Crippen molar-refractivity contribution in [1.82, 2.24) is 23.7 Å². The average molecular weight is 634 g/mol. The fourth-order valence-electron chi connectivity index (χ4n) is 6.99. The molecule has 2 saturated heterocycles. The first-order valence-electron chi connectivity index (χ1n) is 15.6. The molecule has 9 nitrogen and oxygen atoms in total. The summed E-state index contributed by atoms with van der Waals surface area (Å²) >= 11 is 0. The molecule has 234 valence electrons. The van der Waals surface area contributed by atoms with Gasteiger partial charge in [0.2, 0.25) is 0 Å². The van der Waals surface area contributed by atoms with Gasteiger partial charge >= 0.3 is 0 Å². The molecule has 0 unspecified atom stereocenters.